The molecule has 0 radical (unpaired) electrons. The Morgan fingerprint density at radius 1 is 1.55 bits per heavy atom. The average Bonchev–Trinajstić information content (AvgIpc) is 2.46. The number of carboxylic acids is 1. The Morgan fingerprint density at radius 3 is 3.05 bits per heavy atom. The first-order valence-corrected chi connectivity index (χ1v) is 6.61. The number of ether oxygens (including phenoxy) is 1. The van der Waals surface area contributed by atoms with E-state index in [1.165, 1.54) is 7.11 Å². The second-order valence-electron chi connectivity index (χ2n) is 4.94. The molecule has 2 heterocycles. The van der Waals surface area contributed by atoms with Gasteiger partial charge >= 0.3 is 11.9 Å². The second-order valence-corrected chi connectivity index (χ2v) is 4.94. The van der Waals surface area contributed by atoms with Crippen LogP contribution in [0.25, 0.3) is 0 Å². The third-order valence-corrected chi connectivity index (χ3v) is 3.49. The van der Waals surface area contributed by atoms with Crippen LogP contribution in [-0.2, 0) is 9.53 Å². The van der Waals surface area contributed by atoms with Crippen molar-refractivity contribution in [3.8, 4) is 0 Å². The van der Waals surface area contributed by atoms with Gasteiger partial charge in [-0.05, 0) is 30.9 Å². The Hall–Kier alpha value is -2.11. The molecule has 0 aromatic carbocycles. The molecule has 0 spiro atoms. The number of hydrogen-bond donors (Lipinski definition) is 1. The van der Waals surface area contributed by atoms with Crippen molar-refractivity contribution in [2.45, 2.75) is 19.3 Å². The molecule has 1 aliphatic heterocycles. The standard InChI is InChI=1S/C14H18N2O4/c1-20-14(19)12-8-11(4-5-15-12)16-6-2-3-10(9-16)7-13(17)18/h4-5,8,10H,2-3,6-7,9H2,1H3,(H,17,18). The van der Waals surface area contributed by atoms with Gasteiger partial charge in [0.05, 0.1) is 7.11 Å². The van der Waals surface area contributed by atoms with E-state index in [4.69, 9.17) is 5.11 Å². The number of piperidine rings is 1. The molecule has 1 saturated heterocycles. The molecule has 1 fully saturated rings. The van der Waals surface area contributed by atoms with E-state index in [1.807, 2.05) is 6.07 Å². The third-order valence-electron chi connectivity index (χ3n) is 3.49. The number of methoxy groups -OCH3 is 1. The van der Waals surface area contributed by atoms with Crippen LogP contribution in [0.3, 0.4) is 0 Å². The van der Waals surface area contributed by atoms with Crippen LogP contribution in [0.15, 0.2) is 18.3 Å². The van der Waals surface area contributed by atoms with Gasteiger partial charge in [0.25, 0.3) is 0 Å². The van der Waals surface area contributed by atoms with E-state index < -0.39 is 11.9 Å². The van der Waals surface area contributed by atoms with Crippen LogP contribution in [0.1, 0.15) is 29.8 Å². The number of carboxylic acid groups (broad SMARTS) is 1. The highest BCUT2D eigenvalue weighted by atomic mass is 16.5. The van der Waals surface area contributed by atoms with Crippen LogP contribution in [-0.4, -0.2) is 42.2 Å². The SMILES string of the molecule is COC(=O)c1cc(N2CCCC(CC(=O)O)C2)ccn1. The summed E-state index contributed by atoms with van der Waals surface area (Å²) in [6.45, 7) is 1.55. The summed E-state index contributed by atoms with van der Waals surface area (Å²) in [7, 11) is 1.32. The molecule has 0 saturated carbocycles. The fourth-order valence-corrected chi connectivity index (χ4v) is 2.55. The highest BCUT2D eigenvalue weighted by Crippen LogP contribution is 2.25. The lowest BCUT2D eigenvalue weighted by molar-refractivity contribution is -0.138. The number of carbonyl (C=O) groups excluding carboxylic acids is 1. The van der Waals surface area contributed by atoms with Gasteiger partial charge in [0.1, 0.15) is 5.69 Å². The topological polar surface area (TPSA) is 79.7 Å². The van der Waals surface area contributed by atoms with Gasteiger partial charge in [-0.1, -0.05) is 0 Å². The molecule has 2 rings (SSSR count). The Labute approximate surface area is 117 Å². The van der Waals surface area contributed by atoms with Crippen molar-refractivity contribution in [3.05, 3.63) is 24.0 Å². The van der Waals surface area contributed by atoms with Crippen molar-refractivity contribution >= 4 is 17.6 Å². The molecule has 0 amide bonds. The van der Waals surface area contributed by atoms with Gasteiger partial charge in [0.15, 0.2) is 0 Å². The summed E-state index contributed by atoms with van der Waals surface area (Å²) in [4.78, 5) is 28.4. The second kappa shape index (κ2) is 6.36. The third kappa shape index (κ3) is 3.46. The van der Waals surface area contributed by atoms with Crippen LogP contribution in [0, 0.1) is 5.92 Å². The summed E-state index contributed by atoms with van der Waals surface area (Å²) >= 11 is 0. The average molecular weight is 278 g/mol. The lowest BCUT2D eigenvalue weighted by Crippen LogP contribution is -2.36. The van der Waals surface area contributed by atoms with E-state index in [9.17, 15) is 9.59 Å². The fourth-order valence-electron chi connectivity index (χ4n) is 2.55. The van der Waals surface area contributed by atoms with Crippen LogP contribution in [0.5, 0.6) is 0 Å². The quantitative estimate of drug-likeness (QED) is 0.842. The molecule has 108 valence electrons. The predicted octanol–water partition coefficient (Wildman–Crippen LogP) is 1.56. The van der Waals surface area contributed by atoms with Gasteiger partial charge in [0.2, 0.25) is 0 Å². The van der Waals surface area contributed by atoms with Gasteiger partial charge in [-0.2, -0.15) is 0 Å². The lowest BCUT2D eigenvalue weighted by Gasteiger charge is -2.33. The minimum Gasteiger partial charge on any atom is -0.481 e. The van der Waals surface area contributed by atoms with Crippen LogP contribution in [0.2, 0.25) is 0 Å². The monoisotopic (exact) mass is 278 g/mol. The summed E-state index contributed by atoms with van der Waals surface area (Å²) in [6, 6.07) is 3.52. The van der Waals surface area contributed by atoms with Crippen molar-refractivity contribution in [2.75, 3.05) is 25.1 Å². The number of aromatic nitrogens is 1. The molecule has 0 bridgehead atoms. The number of nitrogens with zero attached hydrogens (tertiary/aromatic N) is 2. The summed E-state index contributed by atoms with van der Waals surface area (Å²) in [5.41, 5.74) is 1.15. The maximum absolute atomic E-state index is 11.5. The van der Waals surface area contributed by atoms with Crippen LogP contribution >= 0.6 is 0 Å². The van der Waals surface area contributed by atoms with Gasteiger partial charge in [-0.3, -0.25) is 4.79 Å². The van der Waals surface area contributed by atoms with Crippen molar-refractivity contribution in [1.82, 2.24) is 4.98 Å². The normalized spacial score (nSPS) is 18.6. The Morgan fingerprint density at radius 2 is 2.35 bits per heavy atom. The summed E-state index contributed by atoms with van der Waals surface area (Å²) in [6.07, 6.45) is 3.64. The van der Waals surface area contributed by atoms with E-state index >= 15 is 0 Å². The van der Waals surface area contributed by atoms with Crippen molar-refractivity contribution in [2.24, 2.45) is 5.92 Å². The van der Waals surface area contributed by atoms with Gasteiger partial charge in [0, 0.05) is 31.4 Å². The smallest absolute Gasteiger partial charge is 0.356 e. The molecule has 0 aliphatic carbocycles. The zero-order chi connectivity index (χ0) is 14.5. The molecule has 1 atom stereocenters. The number of anilines is 1. The summed E-state index contributed by atoms with van der Waals surface area (Å²) < 4.78 is 4.65. The first-order valence-electron chi connectivity index (χ1n) is 6.61. The molecule has 6 heteroatoms. The molecule has 20 heavy (non-hydrogen) atoms. The Kier molecular flexibility index (Phi) is 4.55. The number of esters is 1. The lowest BCUT2D eigenvalue weighted by atomic mass is 9.94. The number of carbonyl (C=O) groups is 2. The Bertz CT molecular complexity index is 504. The molecule has 1 aliphatic rings. The molecule has 1 N–H and O–H groups in total. The molecule has 1 aromatic rings. The van der Waals surface area contributed by atoms with E-state index in [-0.39, 0.29) is 18.0 Å². The Balaban J connectivity index is 2.10. The maximum Gasteiger partial charge on any atom is 0.356 e. The van der Waals surface area contributed by atoms with Crippen molar-refractivity contribution < 1.29 is 19.4 Å². The first kappa shape index (κ1) is 14.3. The minimum absolute atomic E-state index is 0.149. The van der Waals surface area contributed by atoms with E-state index in [2.05, 4.69) is 14.6 Å². The zero-order valence-corrected chi connectivity index (χ0v) is 11.4. The van der Waals surface area contributed by atoms with E-state index in [0.717, 1.165) is 25.1 Å². The number of pyridine rings is 1. The van der Waals surface area contributed by atoms with Gasteiger partial charge in [-0.15, -0.1) is 0 Å². The van der Waals surface area contributed by atoms with Crippen LogP contribution < -0.4 is 4.90 Å². The largest absolute Gasteiger partial charge is 0.481 e. The zero-order valence-electron chi connectivity index (χ0n) is 11.4. The molecule has 1 unspecified atom stereocenters. The number of rotatable bonds is 4. The van der Waals surface area contributed by atoms with Crippen molar-refractivity contribution in [1.29, 1.82) is 0 Å². The minimum atomic E-state index is -0.762. The predicted molar refractivity (Wildman–Crippen MR) is 72.8 cm³/mol. The summed E-state index contributed by atoms with van der Waals surface area (Å²) in [5.74, 6) is -1.08. The number of hydrogen-bond acceptors (Lipinski definition) is 5. The van der Waals surface area contributed by atoms with E-state index in [1.54, 1.807) is 12.3 Å². The molecule has 1 aromatic heterocycles. The molecule has 6 nitrogen and oxygen atoms in total. The van der Waals surface area contributed by atoms with Crippen molar-refractivity contribution in [3.63, 3.8) is 0 Å². The fraction of sp³-hybridized carbons (Fsp3) is 0.500. The first-order chi connectivity index (χ1) is 9.60. The molecular formula is C14H18N2O4. The molecular weight excluding hydrogens is 260 g/mol. The van der Waals surface area contributed by atoms with Gasteiger partial charge in [-0.25, -0.2) is 9.78 Å². The van der Waals surface area contributed by atoms with E-state index in [0.29, 0.717) is 6.54 Å². The maximum atomic E-state index is 11.5. The highest BCUT2D eigenvalue weighted by molar-refractivity contribution is 5.88. The number of aliphatic carboxylic acids is 1. The highest BCUT2D eigenvalue weighted by Gasteiger charge is 2.23. The van der Waals surface area contributed by atoms with Gasteiger partial charge < -0.3 is 14.7 Å². The summed E-state index contributed by atoms with van der Waals surface area (Å²) in [5, 5.41) is 8.88. The van der Waals surface area contributed by atoms with Crippen LogP contribution in [0.4, 0.5) is 5.69 Å².